The van der Waals surface area contributed by atoms with Gasteiger partial charge in [-0.15, -0.1) is 0 Å². The smallest absolute Gasteiger partial charge is 0.306 e. The number of hydrogen-bond donors (Lipinski definition) is 0. The van der Waals surface area contributed by atoms with Crippen LogP contribution in [-0.4, -0.2) is 37.2 Å². The molecule has 0 N–H and O–H groups in total. The molecule has 0 aliphatic carbocycles. The van der Waals surface area contributed by atoms with Crippen LogP contribution in [0.4, 0.5) is 0 Å². The van der Waals surface area contributed by atoms with Gasteiger partial charge in [0.1, 0.15) is 13.2 Å². The van der Waals surface area contributed by atoms with Crippen LogP contribution in [-0.2, 0) is 28.6 Å². The van der Waals surface area contributed by atoms with Gasteiger partial charge < -0.3 is 14.2 Å². The van der Waals surface area contributed by atoms with Gasteiger partial charge in [-0.05, 0) is 64.2 Å². The Morgan fingerprint density at radius 2 is 0.576 bits per heavy atom. The molecule has 0 bridgehead atoms. The van der Waals surface area contributed by atoms with Gasteiger partial charge in [0, 0.05) is 19.3 Å². The van der Waals surface area contributed by atoms with Gasteiger partial charge in [0.25, 0.3) is 0 Å². The van der Waals surface area contributed by atoms with E-state index in [1.807, 2.05) is 0 Å². The Labute approximate surface area is 366 Å². The Hall–Kier alpha value is -2.11. The summed E-state index contributed by atoms with van der Waals surface area (Å²) in [7, 11) is 0. The first-order valence-corrected chi connectivity index (χ1v) is 25.8. The van der Waals surface area contributed by atoms with Gasteiger partial charge in [0.05, 0.1) is 0 Å². The number of carbonyl (C=O) groups excluding carboxylic acids is 3. The summed E-state index contributed by atoms with van der Waals surface area (Å²) in [4.78, 5) is 37.9. The quantitative estimate of drug-likeness (QED) is 0.0263. The maximum absolute atomic E-state index is 12.8. The summed E-state index contributed by atoms with van der Waals surface area (Å²) in [6.45, 7) is 6.61. The lowest BCUT2D eigenvalue weighted by molar-refractivity contribution is -0.167. The highest BCUT2D eigenvalue weighted by atomic mass is 16.6. The predicted octanol–water partition coefficient (Wildman–Crippen LogP) is 16.8. The van der Waals surface area contributed by atoms with E-state index in [0.29, 0.717) is 19.3 Å². The highest BCUT2D eigenvalue weighted by Gasteiger charge is 2.19. The lowest BCUT2D eigenvalue weighted by atomic mass is 10.0. The maximum atomic E-state index is 12.8. The number of unbranched alkanes of at least 4 members (excludes halogenated alkanes) is 32. The summed E-state index contributed by atoms with van der Waals surface area (Å²) in [5.74, 6) is -0.880. The molecule has 0 spiro atoms. The summed E-state index contributed by atoms with van der Waals surface area (Å²) in [6.07, 6.45) is 54.4. The van der Waals surface area contributed by atoms with Gasteiger partial charge >= 0.3 is 17.9 Å². The molecule has 59 heavy (non-hydrogen) atoms. The Morgan fingerprint density at radius 1 is 0.322 bits per heavy atom. The number of rotatable bonds is 47. The van der Waals surface area contributed by atoms with Crippen LogP contribution >= 0.6 is 0 Å². The van der Waals surface area contributed by atoms with Crippen molar-refractivity contribution >= 4 is 17.9 Å². The summed E-state index contributed by atoms with van der Waals surface area (Å²) < 4.78 is 16.8. The van der Waals surface area contributed by atoms with Gasteiger partial charge in [0.15, 0.2) is 6.10 Å². The van der Waals surface area contributed by atoms with Gasteiger partial charge in [-0.3, -0.25) is 14.4 Å². The minimum atomic E-state index is -0.772. The molecule has 0 aromatic heterocycles. The first kappa shape index (κ1) is 56.9. The molecule has 0 aromatic rings. The van der Waals surface area contributed by atoms with Crippen molar-refractivity contribution in [2.75, 3.05) is 13.2 Å². The maximum Gasteiger partial charge on any atom is 0.306 e. The second-order valence-corrected chi connectivity index (χ2v) is 17.4. The van der Waals surface area contributed by atoms with Crippen molar-refractivity contribution in [2.45, 2.75) is 284 Å². The molecule has 346 valence electrons. The molecule has 6 nitrogen and oxygen atoms in total. The van der Waals surface area contributed by atoms with Crippen LogP contribution < -0.4 is 0 Å². The molecule has 0 aliphatic rings. The Kier molecular flexibility index (Phi) is 46.8. The number of hydrogen-bond acceptors (Lipinski definition) is 6. The van der Waals surface area contributed by atoms with E-state index in [1.54, 1.807) is 0 Å². The van der Waals surface area contributed by atoms with Crippen LogP contribution in [0.15, 0.2) is 24.3 Å². The third kappa shape index (κ3) is 46.8. The van der Waals surface area contributed by atoms with Gasteiger partial charge in [-0.25, -0.2) is 0 Å². The van der Waals surface area contributed by atoms with E-state index in [9.17, 15) is 14.4 Å². The molecule has 6 heteroatoms. The average Bonchev–Trinajstić information content (AvgIpc) is 3.23. The zero-order valence-electron chi connectivity index (χ0n) is 39.5. The molecule has 0 aliphatic heterocycles. The highest BCUT2D eigenvalue weighted by molar-refractivity contribution is 5.71. The minimum absolute atomic E-state index is 0.0747. The summed E-state index contributed by atoms with van der Waals surface area (Å²) >= 11 is 0. The van der Waals surface area contributed by atoms with E-state index < -0.39 is 6.10 Å². The third-order valence-corrected chi connectivity index (χ3v) is 11.4. The normalized spacial score (nSPS) is 12.1. The standard InChI is InChI=1S/C53H98O6/c1-4-7-10-13-16-19-22-24-26-27-29-31-34-37-40-43-46-52(55)58-49-50(48-57-51(54)45-42-39-36-33-30-21-18-15-12-9-6-3)59-53(56)47-44-41-38-35-32-28-25-23-20-17-14-11-8-5-2/h15,18,26-27,50H,4-14,16-17,19-25,28-49H2,1-3H3/b18-15-,27-26-. The molecule has 1 unspecified atom stereocenters. The SMILES string of the molecule is CCCC/C=C\CCCCCCCC(=O)OCC(COC(=O)CCCCCCC/C=C\CCCCCCCCC)OC(=O)CCCCCCCCCCCCCCCC. The predicted molar refractivity (Wildman–Crippen MR) is 252 cm³/mol. The molecule has 0 saturated heterocycles. The van der Waals surface area contributed by atoms with Gasteiger partial charge in [0.2, 0.25) is 0 Å². The number of carbonyl (C=O) groups is 3. The fourth-order valence-corrected chi connectivity index (χ4v) is 7.48. The van der Waals surface area contributed by atoms with Crippen LogP contribution in [0, 0.1) is 0 Å². The van der Waals surface area contributed by atoms with Crippen LogP contribution in [0.2, 0.25) is 0 Å². The molecule has 0 rings (SSSR count). The lowest BCUT2D eigenvalue weighted by Gasteiger charge is -2.18. The topological polar surface area (TPSA) is 78.9 Å². The van der Waals surface area contributed by atoms with Crippen LogP contribution in [0.25, 0.3) is 0 Å². The number of allylic oxidation sites excluding steroid dienone is 4. The van der Waals surface area contributed by atoms with Gasteiger partial charge in [-0.1, -0.05) is 218 Å². The second-order valence-electron chi connectivity index (χ2n) is 17.4. The van der Waals surface area contributed by atoms with E-state index in [2.05, 4.69) is 45.1 Å². The van der Waals surface area contributed by atoms with E-state index in [4.69, 9.17) is 14.2 Å². The minimum Gasteiger partial charge on any atom is -0.462 e. The molecule has 0 radical (unpaired) electrons. The third-order valence-electron chi connectivity index (χ3n) is 11.4. The first-order chi connectivity index (χ1) is 29.0. The zero-order chi connectivity index (χ0) is 43.0. The Morgan fingerprint density at radius 3 is 0.898 bits per heavy atom. The summed E-state index contributed by atoms with van der Waals surface area (Å²) in [5, 5.41) is 0. The second kappa shape index (κ2) is 48.6. The van der Waals surface area contributed by atoms with Crippen molar-refractivity contribution in [1.29, 1.82) is 0 Å². The van der Waals surface area contributed by atoms with E-state index >= 15 is 0 Å². The molecular weight excluding hydrogens is 733 g/mol. The highest BCUT2D eigenvalue weighted by Crippen LogP contribution is 2.15. The lowest BCUT2D eigenvalue weighted by Crippen LogP contribution is -2.30. The van der Waals surface area contributed by atoms with E-state index in [-0.39, 0.29) is 31.1 Å². The van der Waals surface area contributed by atoms with Crippen LogP contribution in [0.5, 0.6) is 0 Å². The Bertz CT molecular complexity index is 958. The molecule has 1 atom stereocenters. The molecule has 0 fully saturated rings. The molecule has 0 saturated carbocycles. The van der Waals surface area contributed by atoms with Crippen molar-refractivity contribution in [2.24, 2.45) is 0 Å². The summed E-state index contributed by atoms with van der Waals surface area (Å²) in [5.41, 5.74) is 0. The number of esters is 3. The zero-order valence-corrected chi connectivity index (χ0v) is 39.5. The average molecular weight is 831 g/mol. The van der Waals surface area contributed by atoms with Crippen molar-refractivity contribution in [1.82, 2.24) is 0 Å². The molecular formula is C53H98O6. The van der Waals surface area contributed by atoms with Crippen molar-refractivity contribution in [3.05, 3.63) is 24.3 Å². The van der Waals surface area contributed by atoms with Crippen molar-refractivity contribution in [3.63, 3.8) is 0 Å². The summed E-state index contributed by atoms with van der Waals surface area (Å²) in [6, 6.07) is 0. The van der Waals surface area contributed by atoms with Crippen LogP contribution in [0.1, 0.15) is 278 Å². The fraction of sp³-hybridized carbons (Fsp3) is 0.868. The van der Waals surface area contributed by atoms with Gasteiger partial charge in [-0.2, -0.15) is 0 Å². The monoisotopic (exact) mass is 831 g/mol. The molecule has 0 aromatic carbocycles. The van der Waals surface area contributed by atoms with Crippen molar-refractivity contribution in [3.8, 4) is 0 Å². The Balaban J connectivity index is 4.34. The largest absolute Gasteiger partial charge is 0.462 e. The van der Waals surface area contributed by atoms with E-state index in [0.717, 1.165) is 70.6 Å². The molecule has 0 amide bonds. The molecule has 0 heterocycles. The number of ether oxygens (including phenoxy) is 3. The van der Waals surface area contributed by atoms with E-state index in [1.165, 1.54) is 167 Å². The van der Waals surface area contributed by atoms with Crippen LogP contribution in [0.3, 0.4) is 0 Å². The fourth-order valence-electron chi connectivity index (χ4n) is 7.48. The first-order valence-electron chi connectivity index (χ1n) is 25.8. The van der Waals surface area contributed by atoms with Crippen molar-refractivity contribution < 1.29 is 28.6 Å².